The maximum absolute atomic E-state index is 14.4. The molecule has 6 aromatic rings. The van der Waals surface area contributed by atoms with Crippen LogP contribution in [0.15, 0.2) is 132 Å². The minimum atomic E-state index is -4.51. The molecule has 0 aliphatic carbocycles. The number of alkyl halides is 3. The van der Waals surface area contributed by atoms with Crippen LogP contribution in [-0.4, -0.2) is 81.2 Å². The highest BCUT2D eigenvalue weighted by molar-refractivity contribution is 7.89. The standard InChI is InChI=1S/C39H34F3N5O6S2/c1-45(54(49,50)36-9-2-5-28-25-43-17-15-33(28)36)35(38(48)47-21-19-46(20-22-47)31-8-4-7-30(24-31)39(40,41)42)23-27-11-13-32(14-12-27)53-55(51,52)37-10-3-6-29-26-44-18-16-34(29)37/h2-18,24-26,35H,19-23H2,1H3/t35-/m0/s1. The molecule has 3 heterocycles. The molecule has 16 heteroatoms. The van der Waals surface area contributed by atoms with Crippen LogP contribution >= 0.6 is 0 Å². The first-order valence-corrected chi connectivity index (χ1v) is 20.0. The number of pyridine rings is 2. The van der Waals surface area contributed by atoms with Crippen LogP contribution < -0.4 is 9.08 Å². The summed E-state index contributed by atoms with van der Waals surface area (Å²) in [5.74, 6) is -0.487. The molecule has 1 aliphatic heterocycles. The third-order valence-electron chi connectivity index (χ3n) is 9.62. The van der Waals surface area contributed by atoms with Gasteiger partial charge in [0.05, 0.1) is 10.5 Å². The summed E-state index contributed by atoms with van der Waals surface area (Å²) in [5.41, 5.74) is 0.108. The second-order valence-electron chi connectivity index (χ2n) is 13.0. The van der Waals surface area contributed by atoms with Gasteiger partial charge in [-0.25, -0.2) is 8.42 Å². The van der Waals surface area contributed by atoms with Crippen LogP contribution in [0.3, 0.4) is 0 Å². The first-order valence-electron chi connectivity index (χ1n) is 17.1. The van der Waals surface area contributed by atoms with Gasteiger partial charge in [0.2, 0.25) is 15.9 Å². The second kappa shape index (κ2) is 14.9. The van der Waals surface area contributed by atoms with E-state index in [0.717, 1.165) is 16.4 Å². The van der Waals surface area contributed by atoms with Crippen LogP contribution in [0.25, 0.3) is 21.5 Å². The molecule has 2 aromatic heterocycles. The van der Waals surface area contributed by atoms with Gasteiger partial charge in [-0.1, -0.05) is 42.5 Å². The van der Waals surface area contributed by atoms with E-state index in [1.807, 2.05) is 0 Å². The minimum absolute atomic E-state index is 0.00809. The molecule has 0 saturated carbocycles. The summed E-state index contributed by atoms with van der Waals surface area (Å²) in [4.78, 5) is 25.7. The van der Waals surface area contributed by atoms with Crippen molar-refractivity contribution in [3.05, 3.63) is 133 Å². The molecule has 1 atom stereocenters. The number of nitrogens with zero attached hydrogens (tertiary/aromatic N) is 5. The number of anilines is 1. The lowest BCUT2D eigenvalue weighted by Gasteiger charge is -2.39. The zero-order valence-electron chi connectivity index (χ0n) is 29.3. The molecule has 1 saturated heterocycles. The Labute approximate surface area is 315 Å². The Morgan fingerprint density at radius 1 is 0.782 bits per heavy atom. The summed E-state index contributed by atoms with van der Waals surface area (Å²) in [6.07, 6.45) is 1.46. The van der Waals surface area contributed by atoms with Gasteiger partial charge >= 0.3 is 16.3 Å². The topological polar surface area (TPSA) is 130 Å². The summed E-state index contributed by atoms with van der Waals surface area (Å²) in [5, 5.41) is 2.08. The SMILES string of the molecule is CN([C@@H](Cc1ccc(OS(=O)(=O)c2cccc3cnccc23)cc1)C(=O)N1CCN(c2cccc(C(F)(F)F)c2)CC1)S(=O)(=O)c1cccc2cnccc12. The lowest BCUT2D eigenvalue weighted by molar-refractivity contribution is -0.137. The zero-order chi connectivity index (χ0) is 39.0. The molecule has 0 radical (unpaired) electrons. The van der Waals surface area contributed by atoms with Gasteiger partial charge < -0.3 is 14.0 Å². The summed E-state index contributed by atoms with van der Waals surface area (Å²) in [6.45, 7) is 0.711. The van der Waals surface area contributed by atoms with Crippen molar-refractivity contribution < 1.29 is 39.0 Å². The number of benzene rings is 4. The molecule has 7 rings (SSSR count). The molecule has 1 fully saturated rings. The number of amides is 1. The minimum Gasteiger partial charge on any atom is -0.379 e. The van der Waals surface area contributed by atoms with E-state index >= 15 is 0 Å². The van der Waals surface area contributed by atoms with E-state index in [-0.39, 0.29) is 48.1 Å². The fraction of sp³-hybridized carbons (Fsp3) is 0.205. The van der Waals surface area contributed by atoms with Crippen molar-refractivity contribution in [2.75, 3.05) is 38.1 Å². The first kappa shape index (κ1) is 37.7. The van der Waals surface area contributed by atoms with Crippen LogP contribution in [0.5, 0.6) is 5.75 Å². The number of hydrogen-bond acceptors (Lipinski definition) is 9. The van der Waals surface area contributed by atoms with Crippen molar-refractivity contribution >= 4 is 53.3 Å². The maximum Gasteiger partial charge on any atom is 0.416 e. The molecule has 1 aliphatic rings. The number of hydrogen-bond donors (Lipinski definition) is 0. The number of halogens is 3. The summed E-state index contributed by atoms with van der Waals surface area (Å²) < 4.78 is 102. The van der Waals surface area contributed by atoms with E-state index in [1.54, 1.807) is 71.9 Å². The molecule has 11 nitrogen and oxygen atoms in total. The summed E-state index contributed by atoms with van der Waals surface area (Å²) in [7, 11) is -7.22. The highest BCUT2D eigenvalue weighted by atomic mass is 32.2. The highest BCUT2D eigenvalue weighted by Crippen LogP contribution is 2.33. The zero-order valence-corrected chi connectivity index (χ0v) is 30.9. The van der Waals surface area contributed by atoms with Crippen molar-refractivity contribution in [3.63, 3.8) is 0 Å². The molecule has 284 valence electrons. The van der Waals surface area contributed by atoms with Gasteiger partial charge in [-0.05, 0) is 66.6 Å². The van der Waals surface area contributed by atoms with Crippen molar-refractivity contribution in [1.29, 1.82) is 0 Å². The Balaban J connectivity index is 1.15. The van der Waals surface area contributed by atoms with E-state index in [4.69, 9.17) is 4.18 Å². The predicted octanol–water partition coefficient (Wildman–Crippen LogP) is 6.15. The fourth-order valence-electron chi connectivity index (χ4n) is 6.67. The van der Waals surface area contributed by atoms with Crippen LogP contribution in [0.1, 0.15) is 11.1 Å². The van der Waals surface area contributed by atoms with E-state index in [1.165, 1.54) is 54.7 Å². The number of sulfonamides is 1. The number of aromatic nitrogens is 2. The van der Waals surface area contributed by atoms with Gasteiger partial charge in [0, 0.05) is 85.2 Å². The van der Waals surface area contributed by atoms with Gasteiger partial charge in [0.1, 0.15) is 16.7 Å². The second-order valence-corrected chi connectivity index (χ2v) is 16.5. The predicted molar refractivity (Wildman–Crippen MR) is 200 cm³/mol. The van der Waals surface area contributed by atoms with Crippen molar-refractivity contribution in [1.82, 2.24) is 19.2 Å². The van der Waals surface area contributed by atoms with Crippen LogP contribution in [0, 0.1) is 0 Å². The fourth-order valence-corrected chi connectivity index (χ4v) is 9.35. The van der Waals surface area contributed by atoms with Crippen molar-refractivity contribution in [2.24, 2.45) is 0 Å². The molecule has 1 amide bonds. The number of piperazine rings is 1. The normalized spacial score (nSPS) is 14.7. The largest absolute Gasteiger partial charge is 0.416 e. The maximum atomic E-state index is 14.4. The Bertz CT molecular complexity index is 2590. The number of rotatable bonds is 10. The van der Waals surface area contributed by atoms with E-state index in [2.05, 4.69) is 9.97 Å². The molecule has 0 N–H and O–H groups in total. The molecule has 0 unspecified atom stereocenters. The van der Waals surface area contributed by atoms with Gasteiger partial charge in [-0.3, -0.25) is 14.8 Å². The third-order valence-corrected chi connectivity index (χ3v) is 12.9. The van der Waals surface area contributed by atoms with Gasteiger partial charge in [0.25, 0.3) is 0 Å². The number of likely N-dealkylation sites (N-methyl/N-ethyl adjacent to an activating group) is 1. The Hall–Kier alpha value is -5.58. The van der Waals surface area contributed by atoms with Crippen molar-refractivity contribution in [3.8, 4) is 5.75 Å². The number of fused-ring (bicyclic) bond motifs is 2. The smallest absolute Gasteiger partial charge is 0.379 e. The summed E-state index contributed by atoms with van der Waals surface area (Å²) in [6, 6.07) is 22.4. The average molecular weight is 790 g/mol. The highest BCUT2D eigenvalue weighted by Gasteiger charge is 2.38. The average Bonchev–Trinajstić information content (AvgIpc) is 3.19. The quantitative estimate of drug-likeness (QED) is 0.150. The summed E-state index contributed by atoms with van der Waals surface area (Å²) >= 11 is 0. The van der Waals surface area contributed by atoms with E-state index < -0.39 is 43.8 Å². The lowest BCUT2D eigenvalue weighted by Crippen LogP contribution is -2.56. The van der Waals surface area contributed by atoms with Gasteiger partial charge in [-0.15, -0.1) is 0 Å². The lowest BCUT2D eigenvalue weighted by atomic mass is 10.0. The van der Waals surface area contributed by atoms with Gasteiger partial charge in [-0.2, -0.15) is 25.9 Å². The molecule has 4 aromatic carbocycles. The Kier molecular flexibility index (Phi) is 10.2. The van der Waals surface area contributed by atoms with Gasteiger partial charge in [0.15, 0.2) is 0 Å². The Morgan fingerprint density at radius 3 is 1.98 bits per heavy atom. The van der Waals surface area contributed by atoms with Crippen molar-refractivity contribution in [2.45, 2.75) is 28.4 Å². The number of carbonyl (C=O) groups is 1. The monoisotopic (exact) mass is 789 g/mol. The molecular formula is C39H34F3N5O6S2. The van der Waals surface area contributed by atoms with E-state index in [9.17, 15) is 34.8 Å². The molecule has 0 spiro atoms. The van der Waals surface area contributed by atoms with Crippen LogP contribution in [0.4, 0.5) is 18.9 Å². The van der Waals surface area contributed by atoms with Crippen LogP contribution in [0.2, 0.25) is 0 Å². The first-order chi connectivity index (χ1) is 26.2. The molecular weight excluding hydrogens is 756 g/mol. The Morgan fingerprint density at radius 2 is 1.36 bits per heavy atom. The van der Waals surface area contributed by atoms with Crippen LogP contribution in [-0.2, 0) is 37.5 Å². The molecule has 55 heavy (non-hydrogen) atoms. The van der Waals surface area contributed by atoms with E-state index in [0.29, 0.717) is 32.8 Å². The third kappa shape index (κ3) is 7.83. The number of carbonyl (C=O) groups excluding carboxylic acids is 1. The molecule has 0 bridgehead atoms.